The van der Waals surface area contributed by atoms with Crippen LogP contribution in [0.15, 0.2) is 42.5 Å². The van der Waals surface area contributed by atoms with Gasteiger partial charge in [0.15, 0.2) is 0 Å². The summed E-state index contributed by atoms with van der Waals surface area (Å²) in [5, 5.41) is 17.4. The summed E-state index contributed by atoms with van der Waals surface area (Å²) in [6.07, 6.45) is 3.43. The summed E-state index contributed by atoms with van der Waals surface area (Å²) >= 11 is 0. The number of nitrogens with one attached hydrogen (secondary N) is 2. The number of carbonyl (C=O) groups excluding carboxylic acids is 2. The number of piperidine rings is 1. The van der Waals surface area contributed by atoms with Crippen molar-refractivity contribution in [2.24, 2.45) is 5.92 Å². The Morgan fingerprint density at radius 1 is 1.09 bits per heavy atom. The van der Waals surface area contributed by atoms with Crippen LogP contribution in [-0.4, -0.2) is 42.4 Å². The lowest BCUT2D eigenvalue weighted by Gasteiger charge is -2.32. The Labute approximate surface area is 191 Å². The van der Waals surface area contributed by atoms with Crippen molar-refractivity contribution in [3.8, 4) is 0 Å². The van der Waals surface area contributed by atoms with Gasteiger partial charge in [0.1, 0.15) is 11.5 Å². The molecule has 2 fully saturated rings. The third-order valence-electron chi connectivity index (χ3n) is 6.20. The third-order valence-corrected chi connectivity index (χ3v) is 6.20. The molecule has 1 heterocycles. The fourth-order valence-corrected chi connectivity index (χ4v) is 4.12. The highest BCUT2D eigenvalue weighted by atomic mass is 19.1. The van der Waals surface area contributed by atoms with Crippen LogP contribution in [0.1, 0.15) is 41.6 Å². The Balaban J connectivity index is 1.32. The summed E-state index contributed by atoms with van der Waals surface area (Å²) in [6.45, 7) is 1.36. The van der Waals surface area contributed by atoms with Gasteiger partial charge < -0.3 is 15.5 Å². The van der Waals surface area contributed by atoms with E-state index >= 15 is 0 Å². The number of benzene rings is 2. The molecule has 2 N–H and O–H groups in total. The van der Waals surface area contributed by atoms with Crippen LogP contribution >= 0.6 is 0 Å². The predicted octanol–water partition coefficient (Wildman–Crippen LogP) is 3.20. The first-order valence-corrected chi connectivity index (χ1v) is 11.3. The molecule has 0 radical (unpaired) electrons. The minimum Gasteiger partial charge on any atom is -0.366 e. The van der Waals surface area contributed by atoms with Crippen LogP contribution < -0.4 is 15.5 Å². The fraction of sp³-hybridized carbons (Fsp3) is 0.417. The molecule has 1 aliphatic carbocycles. The van der Waals surface area contributed by atoms with Crippen LogP contribution in [0.4, 0.5) is 15.8 Å². The summed E-state index contributed by atoms with van der Waals surface area (Å²) in [7, 11) is 0. The van der Waals surface area contributed by atoms with Crippen LogP contribution in [-0.2, 0) is 11.2 Å². The van der Waals surface area contributed by atoms with Gasteiger partial charge in [0.05, 0.1) is 4.92 Å². The van der Waals surface area contributed by atoms with E-state index in [1.165, 1.54) is 12.1 Å². The van der Waals surface area contributed by atoms with E-state index in [2.05, 4.69) is 10.6 Å². The molecule has 1 aliphatic heterocycles. The maximum atomic E-state index is 13.7. The van der Waals surface area contributed by atoms with Gasteiger partial charge in [0.2, 0.25) is 5.91 Å². The summed E-state index contributed by atoms with van der Waals surface area (Å²) in [5.41, 5.74) is 1.20. The molecule has 2 aromatic rings. The maximum Gasteiger partial charge on any atom is 0.293 e. The fourth-order valence-electron chi connectivity index (χ4n) is 4.12. The van der Waals surface area contributed by atoms with Crippen molar-refractivity contribution in [1.82, 2.24) is 10.6 Å². The first kappa shape index (κ1) is 22.7. The second-order valence-electron chi connectivity index (χ2n) is 8.60. The van der Waals surface area contributed by atoms with Crippen molar-refractivity contribution < 1.29 is 18.9 Å². The molecule has 1 saturated carbocycles. The molecule has 4 rings (SSSR count). The lowest BCUT2D eigenvalue weighted by Crippen LogP contribution is -2.41. The van der Waals surface area contributed by atoms with Crippen LogP contribution in [0, 0.1) is 21.8 Å². The Morgan fingerprint density at radius 2 is 1.82 bits per heavy atom. The highest BCUT2D eigenvalue weighted by Gasteiger charge is 2.30. The third kappa shape index (κ3) is 5.66. The molecule has 174 valence electrons. The number of rotatable bonds is 8. The lowest BCUT2D eigenvalue weighted by atomic mass is 9.95. The smallest absolute Gasteiger partial charge is 0.293 e. The second kappa shape index (κ2) is 9.97. The number of nitro benzene ring substituents is 1. The van der Waals surface area contributed by atoms with Crippen LogP contribution in [0.2, 0.25) is 0 Å². The maximum absolute atomic E-state index is 13.7. The molecule has 0 spiro atoms. The molecule has 0 atom stereocenters. The van der Waals surface area contributed by atoms with Gasteiger partial charge in [-0.1, -0.05) is 18.2 Å². The summed E-state index contributed by atoms with van der Waals surface area (Å²) in [4.78, 5) is 37.9. The van der Waals surface area contributed by atoms with Gasteiger partial charge in [-0.15, -0.1) is 0 Å². The monoisotopic (exact) mass is 454 g/mol. The SMILES string of the molecule is O=C(NC1CC1)c1ccc(N2CCC(C(=O)NCCc3ccccc3F)CC2)c([N+](=O)[O-])c1. The molecule has 9 heteroatoms. The van der Waals surface area contributed by atoms with E-state index in [0.717, 1.165) is 12.8 Å². The topological polar surface area (TPSA) is 105 Å². The van der Waals surface area contributed by atoms with Crippen LogP contribution in [0.3, 0.4) is 0 Å². The zero-order valence-electron chi connectivity index (χ0n) is 18.3. The highest BCUT2D eigenvalue weighted by Crippen LogP contribution is 2.33. The average Bonchev–Trinajstić information content (AvgIpc) is 3.64. The minimum atomic E-state index is -0.468. The highest BCUT2D eigenvalue weighted by molar-refractivity contribution is 5.96. The van der Waals surface area contributed by atoms with Gasteiger partial charge in [0.25, 0.3) is 11.6 Å². The normalized spacial score (nSPS) is 16.3. The molecule has 8 nitrogen and oxygen atoms in total. The number of nitrogens with zero attached hydrogens (tertiary/aromatic N) is 2. The van der Waals surface area contributed by atoms with Gasteiger partial charge in [-0.05, 0) is 55.9 Å². The van der Waals surface area contributed by atoms with E-state index < -0.39 is 4.92 Å². The number of halogens is 1. The molecule has 0 aromatic heterocycles. The van der Waals surface area contributed by atoms with Gasteiger partial charge in [-0.25, -0.2) is 4.39 Å². The molecule has 0 unspecified atom stereocenters. The van der Waals surface area contributed by atoms with E-state index in [9.17, 15) is 24.1 Å². The molecule has 1 saturated heterocycles. The molecule has 33 heavy (non-hydrogen) atoms. The van der Waals surface area contributed by atoms with Crippen LogP contribution in [0.5, 0.6) is 0 Å². The Morgan fingerprint density at radius 3 is 2.48 bits per heavy atom. The summed E-state index contributed by atoms with van der Waals surface area (Å²) in [6, 6.07) is 11.2. The van der Waals surface area contributed by atoms with Crippen molar-refractivity contribution in [3.63, 3.8) is 0 Å². The van der Waals surface area contributed by atoms with E-state index in [-0.39, 0.29) is 40.8 Å². The lowest BCUT2D eigenvalue weighted by molar-refractivity contribution is -0.384. The average molecular weight is 455 g/mol. The first-order valence-electron chi connectivity index (χ1n) is 11.3. The van der Waals surface area contributed by atoms with Crippen molar-refractivity contribution in [1.29, 1.82) is 0 Å². The zero-order chi connectivity index (χ0) is 23.4. The van der Waals surface area contributed by atoms with E-state index in [1.807, 2.05) is 4.90 Å². The zero-order valence-corrected chi connectivity index (χ0v) is 18.3. The number of amides is 2. The van der Waals surface area contributed by atoms with Gasteiger partial charge in [-0.3, -0.25) is 19.7 Å². The van der Waals surface area contributed by atoms with E-state index in [0.29, 0.717) is 50.1 Å². The summed E-state index contributed by atoms with van der Waals surface area (Å²) in [5.74, 6) is -0.840. The van der Waals surface area contributed by atoms with Crippen LogP contribution in [0.25, 0.3) is 0 Å². The van der Waals surface area contributed by atoms with Crippen molar-refractivity contribution in [2.45, 2.75) is 38.1 Å². The van der Waals surface area contributed by atoms with Crippen molar-refractivity contribution in [2.75, 3.05) is 24.5 Å². The molecule has 0 bridgehead atoms. The molecular weight excluding hydrogens is 427 g/mol. The molecule has 2 amide bonds. The van der Waals surface area contributed by atoms with Crippen molar-refractivity contribution >= 4 is 23.2 Å². The van der Waals surface area contributed by atoms with E-state index in [1.54, 1.807) is 30.3 Å². The Kier molecular flexibility index (Phi) is 6.86. The number of hydrogen-bond donors (Lipinski definition) is 2. The number of nitro groups is 1. The molecular formula is C24H27FN4O4. The number of carbonyl (C=O) groups is 2. The van der Waals surface area contributed by atoms with E-state index in [4.69, 9.17) is 0 Å². The first-order chi connectivity index (χ1) is 15.9. The van der Waals surface area contributed by atoms with Gasteiger partial charge in [0, 0.05) is 43.2 Å². The number of hydrogen-bond acceptors (Lipinski definition) is 5. The largest absolute Gasteiger partial charge is 0.366 e. The van der Waals surface area contributed by atoms with Gasteiger partial charge in [-0.2, -0.15) is 0 Å². The molecule has 2 aliphatic rings. The molecule has 2 aromatic carbocycles. The minimum absolute atomic E-state index is 0.0763. The van der Waals surface area contributed by atoms with Gasteiger partial charge >= 0.3 is 0 Å². The Bertz CT molecular complexity index is 1050. The standard InChI is InChI=1S/C24H27FN4O4/c25-20-4-2-1-3-16(20)9-12-26-23(30)17-10-13-28(14-11-17)21-8-5-18(15-22(21)29(32)33)24(31)27-19-6-7-19/h1-5,8,15,17,19H,6-7,9-14H2,(H,26,30)(H,27,31). The Hall–Kier alpha value is -3.49. The summed E-state index contributed by atoms with van der Waals surface area (Å²) < 4.78 is 13.7. The predicted molar refractivity (Wildman–Crippen MR) is 122 cm³/mol. The quantitative estimate of drug-likeness (QED) is 0.471. The van der Waals surface area contributed by atoms with Crippen molar-refractivity contribution in [3.05, 3.63) is 69.5 Å². The second-order valence-corrected chi connectivity index (χ2v) is 8.60. The number of anilines is 1.